The van der Waals surface area contributed by atoms with Gasteiger partial charge in [0.25, 0.3) is 0 Å². The van der Waals surface area contributed by atoms with Gasteiger partial charge in [0.05, 0.1) is 12.7 Å². The molecular weight excluding hydrogens is 234 g/mol. The van der Waals surface area contributed by atoms with Crippen LogP contribution >= 0.6 is 0 Å². The molecule has 2 unspecified atom stereocenters. The standard InChI is InChI=1S/C13H27NO4/c1-4-6-8-18-10-11(15)9-14-13(3,7-5-2)12(16)17/h11,14-15H,4-10H2,1-3H3,(H,16,17). The molecule has 3 N–H and O–H groups in total. The number of unbranched alkanes of at least 4 members (excludes halogenated alkanes) is 1. The number of hydrogen-bond donors (Lipinski definition) is 3. The average molecular weight is 261 g/mol. The highest BCUT2D eigenvalue weighted by atomic mass is 16.5. The number of hydrogen-bond acceptors (Lipinski definition) is 4. The lowest BCUT2D eigenvalue weighted by Crippen LogP contribution is -2.52. The second-order valence-corrected chi connectivity index (χ2v) is 4.85. The van der Waals surface area contributed by atoms with E-state index in [1.165, 1.54) is 0 Å². The van der Waals surface area contributed by atoms with E-state index in [0.29, 0.717) is 13.0 Å². The Labute approximate surface area is 110 Å². The molecule has 0 bridgehead atoms. The Balaban J connectivity index is 3.93. The van der Waals surface area contributed by atoms with E-state index in [9.17, 15) is 9.90 Å². The third-order valence-electron chi connectivity index (χ3n) is 2.90. The van der Waals surface area contributed by atoms with Crippen molar-refractivity contribution in [1.82, 2.24) is 5.32 Å². The van der Waals surface area contributed by atoms with Gasteiger partial charge in [0.15, 0.2) is 0 Å². The predicted octanol–water partition coefficient (Wildman–Crippen LogP) is 1.40. The van der Waals surface area contributed by atoms with E-state index in [1.54, 1.807) is 6.92 Å². The number of aliphatic hydroxyl groups excluding tert-OH is 1. The van der Waals surface area contributed by atoms with Crippen LogP contribution in [0.2, 0.25) is 0 Å². The largest absolute Gasteiger partial charge is 0.480 e. The lowest BCUT2D eigenvalue weighted by Gasteiger charge is -2.27. The summed E-state index contributed by atoms with van der Waals surface area (Å²) in [7, 11) is 0. The minimum atomic E-state index is -0.973. The third-order valence-corrected chi connectivity index (χ3v) is 2.90. The molecule has 0 aromatic rings. The highest BCUT2D eigenvalue weighted by molar-refractivity contribution is 5.78. The van der Waals surface area contributed by atoms with E-state index in [0.717, 1.165) is 19.3 Å². The van der Waals surface area contributed by atoms with Crippen LogP contribution in [0.5, 0.6) is 0 Å². The van der Waals surface area contributed by atoms with Gasteiger partial charge in [0.2, 0.25) is 0 Å². The predicted molar refractivity (Wildman–Crippen MR) is 70.7 cm³/mol. The Morgan fingerprint density at radius 2 is 2.06 bits per heavy atom. The van der Waals surface area contributed by atoms with Crippen LogP contribution in [0, 0.1) is 0 Å². The quantitative estimate of drug-likeness (QED) is 0.490. The molecule has 0 aliphatic heterocycles. The number of carboxylic acid groups (broad SMARTS) is 1. The molecule has 108 valence electrons. The van der Waals surface area contributed by atoms with Crippen molar-refractivity contribution in [3.63, 3.8) is 0 Å². The van der Waals surface area contributed by atoms with Gasteiger partial charge in [-0.25, -0.2) is 0 Å². The molecule has 0 spiro atoms. The smallest absolute Gasteiger partial charge is 0.323 e. The first-order chi connectivity index (χ1) is 8.46. The number of carboxylic acids is 1. The highest BCUT2D eigenvalue weighted by Gasteiger charge is 2.31. The Morgan fingerprint density at radius 1 is 1.39 bits per heavy atom. The summed E-state index contributed by atoms with van der Waals surface area (Å²) >= 11 is 0. The monoisotopic (exact) mass is 261 g/mol. The minimum Gasteiger partial charge on any atom is -0.480 e. The van der Waals surface area contributed by atoms with Gasteiger partial charge >= 0.3 is 5.97 Å². The van der Waals surface area contributed by atoms with Crippen molar-refractivity contribution in [2.75, 3.05) is 19.8 Å². The lowest BCUT2D eigenvalue weighted by molar-refractivity contribution is -0.144. The maximum Gasteiger partial charge on any atom is 0.323 e. The van der Waals surface area contributed by atoms with Crippen molar-refractivity contribution >= 4 is 5.97 Å². The molecule has 0 saturated carbocycles. The molecule has 0 saturated heterocycles. The molecule has 5 heteroatoms. The number of carbonyl (C=O) groups is 1. The topological polar surface area (TPSA) is 78.8 Å². The van der Waals surface area contributed by atoms with E-state index in [-0.39, 0.29) is 13.2 Å². The summed E-state index contributed by atoms with van der Waals surface area (Å²) in [5.74, 6) is -0.886. The fourth-order valence-electron chi connectivity index (χ4n) is 1.64. The van der Waals surface area contributed by atoms with Crippen LogP contribution in [0.15, 0.2) is 0 Å². The summed E-state index contributed by atoms with van der Waals surface area (Å²) in [6.07, 6.45) is 2.67. The van der Waals surface area contributed by atoms with Gasteiger partial charge in [-0.15, -0.1) is 0 Å². The minimum absolute atomic E-state index is 0.231. The van der Waals surface area contributed by atoms with Crippen LogP contribution in [0.1, 0.15) is 46.5 Å². The number of aliphatic hydroxyl groups is 1. The zero-order valence-corrected chi connectivity index (χ0v) is 11.7. The Hall–Kier alpha value is -0.650. The molecule has 0 aliphatic carbocycles. The molecular formula is C13H27NO4. The van der Waals surface area contributed by atoms with Crippen molar-refractivity contribution in [3.8, 4) is 0 Å². The lowest BCUT2D eigenvalue weighted by atomic mass is 9.96. The number of ether oxygens (including phenoxy) is 1. The first-order valence-electron chi connectivity index (χ1n) is 6.70. The Morgan fingerprint density at radius 3 is 2.56 bits per heavy atom. The van der Waals surface area contributed by atoms with Gasteiger partial charge in [-0.05, 0) is 19.8 Å². The van der Waals surface area contributed by atoms with E-state index in [2.05, 4.69) is 12.2 Å². The summed E-state index contributed by atoms with van der Waals surface area (Å²) in [5, 5.41) is 21.7. The van der Waals surface area contributed by atoms with Crippen LogP contribution in [-0.4, -0.2) is 47.6 Å². The summed E-state index contributed by atoms with van der Waals surface area (Å²) in [6, 6.07) is 0. The molecule has 0 amide bonds. The summed E-state index contributed by atoms with van der Waals surface area (Å²) in [4.78, 5) is 11.1. The van der Waals surface area contributed by atoms with Crippen molar-refractivity contribution < 1.29 is 19.7 Å². The number of rotatable bonds is 11. The van der Waals surface area contributed by atoms with Crippen molar-refractivity contribution in [3.05, 3.63) is 0 Å². The normalized spacial score (nSPS) is 16.2. The fourth-order valence-corrected chi connectivity index (χ4v) is 1.64. The Kier molecular flexibility index (Phi) is 8.97. The van der Waals surface area contributed by atoms with Crippen LogP contribution in [0.25, 0.3) is 0 Å². The maximum absolute atomic E-state index is 11.1. The Bertz CT molecular complexity index is 235. The second-order valence-electron chi connectivity index (χ2n) is 4.85. The SMILES string of the molecule is CCCCOCC(O)CNC(C)(CCC)C(=O)O. The van der Waals surface area contributed by atoms with Gasteiger partial charge in [0.1, 0.15) is 5.54 Å². The average Bonchev–Trinajstić information content (AvgIpc) is 2.32. The molecule has 0 aromatic carbocycles. The molecule has 0 radical (unpaired) electrons. The number of β-amino-alcohol motifs (C(OH)–C–C–N with tert-alkyl or cyclic N) is 1. The number of nitrogens with one attached hydrogen (secondary N) is 1. The van der Waals surface area contributed by atoms with Crippen molar-refractivity contribution in [2.24, 2.45) is 0 Å². The molecule has 2 atom stereocenters. The molecule has 0 aliphatic rings. The molecule has 0 aromatic heterocycles. The summed E-state index contributed by atoms with van der Waals surface area (Å²) in [5.41, 5.74) is -0.973. The van der Waals surface area contributed by atoms with Crippen LogP contribution < -0.4 is 5.32 Å². The molecule has 0 rings (SSSR count). The van der Waals surface area contributed by atoms with Crippen LogP contribution in [0.3, 0.4) is 0 Å². The van der Waals surface area contributed by atoms with Gasteiger partial charge in [0, 0.05) is 13.2 Å². The zero-order chi connectivity index (χ0) is 14.0. The van der Waals surface area contributed by atoms with E-state index in [1.807, 2.05) is 6.92 Å². The van der Waals surface area contributed by atoms with Crippen molar-refractivity contribution in [2.45, 2.75) is 58.1 Å². The van der Waals surface area contributed by atoms with Gasteiger partial charge < -0.3 is 14.9 Å². The van der Waals surface area contributed by atoms with Gasteiger partial charge in [-0.2, -0.15) is 0 Å². The zero-order valence-electron chi connectivity index (χ0n) is 11.7. The van der Waals surface area contributed by atoms with Crippen LogP contribution in [0.4, 0.5) is 0 Å². The van der Waals surface area contributed by atoms with Crippen molar-refractivity contribution in [1.29, 1.82) is 0 Å². The first-order valence-corrected chi connectivity index (χ1v) is 6.70. The van der Waals surface area contributed by atoms with E-state index in [4.69, 9.17) is 9.84 Å². The third kappa shape index (κ3) is 6.93. The molecule has 0 fully saturated rings. The molecule has 18 heavy (non-hydrogen) atoms. The summed E-state index contributed by atoms with van der Waals surface area (Å²) < 4.78 is 5.28. The van der Waals surface area contributed by atoms with Crippen LogP contribution in [-0.2, 0) is 9.53 Å². The van der Waals surface area contributed by atoms with E-state index >= 15 is 0 Å². The van der Waals surface area contributed by atoms with E-state index < -0.39 is 17.6 Å². The highest BCUT2D eigenvalue weighted by Crippen LogP contribution is 2.12. The first kappa shape index (κ1) is 17.4. The maximum atomic E-state index is 11.1. The second kappa shape index (κ2) is 9.30. The molecule has 5 nitrogen and oxygen atoms in total. The van der Waals surface area contributed by atoms with Gasteiger partial charge in [-0.3, -0.25) is 10.1 Å². The van der Waals surface area contributed by atoms with Gasteiger partial charge in [-0.1, -0.05) is 26.7 Å². The fraction of sp³-hybridized carbons (Fsp3) is 0.923. The molecule has 0 heterocycles. The summed E-state index contributed by atoms with van der Waals surface area (Å²) in [6.45, 7) is 6.77. The number of aliphatic carboxylic acids is 1.